The molecule has 0 aliphatic carbocycles. The van der Waals surface area contributed by atoms with Gasteiger partial charge in [0.25, 0.3) is 0 Å². The van der Waals surface area contributed by atoms with Crippen LogP contribution in [0.3, 0.4) is 0 Å². The fourth-order valence-electron chi connectivity index (χ4n) is 9.59. The van der Waals surface area contributed by atoms with Crippen LogP contribution in [0.15, 0.2) is 211 Å². The molecule has 10 aromatic carbocycles. The highest BCUT2D eigenvalue weighted by atomic mass is 16.3. The van der Waals surface area contributed by atoms with Crippen LogP contribution in [0.2, 0.25) is 0 Å². The van der Waals surface area contributed by atoms with Crippen molar-refractivity contribution in [2.24, 2.45) is 0 Å². The summed E-state index contributed by atoms with van der Waals surface area (Å²) in [7, 11) is 0. The van der Waals surface area contributed by atoms with Gasteiger partial charge in [0.15, 0.2) is 17.5 Å². The van der Waals surface area contributed by atoms with Crippen molar-refractivity contribution in [3.8, 4) is 62.1 Å². The number of para-hydroxylation sites is 3. The van der Waals surface area contributed by atoms with E-state index in [4.69, 9.17) is 19.4 Å². The SMILES string of the molecule is c1ccc(-c2ccc(-c3nc(-c4ccccc4)nc(-c4cccc5c4oc4c(-c6cc7c8ccccc8c8cccc9c8c7c(c6)n9-c6ccccc6)cccc45)n3)cc2)cc1. The molecule has 0 N–H and O–H groups in total. The third kappa shape index (κ3) is 5.25. The summed E-state index contributed by atoms with van der Waals surface area (Å²) >= 11 is 0. The third-order valence-corrected chi connectivity index (χ3v) is 12.4. The number of rotatable bonds is 6. The maximum atomic E-state index is 7.11. The third-order valence-electron chi connectivity index (χ3n) is 12.4. The number of hydrogen-bond acceptors (Lipinski definition) is 4. The molecule has 0 saturated heterocycles. The Kier molecular flexibility index (Phi) is 7.54. The Morgan fingerprint density at radius 1 is 0.306 bits per heavy atom. The quantitative estimate of drug-likeness (QED) is 0.157. The zero-order valence-corrected chi connectivity index (χ0v) is 33.3. The summed E-state index contributed by atoms with van der Waals surface area (Å²) < 4.78 is 9.53. The van der Waals surface area contributed by atoms with E-state index in [0.717, 1.165) is 72.1 Å². The number of fused-ring (bicyclic) bond motifs is 6. The molecule has 13 rings (SSSR count). The highest BCUT2D eigenvalue weighted by Crippen LogP contribution is 2.47. The Balaban J connectivity index is 1.03. The fraction of sp³-hybridized carbons (Fsp3) is 0. The number of hydrogen-bond donors (Lipinski definition) is 0. The highest BCUT2D eigenvalue weighted by molar-refractivity contribution is 6.35. The topological polar surface area (TPSA) is 56.7 Å². The minimum atomic E-state index is 0.554. The maximum Gasteiger partial charge on any atom is 0.167 e. The van der Waals surface area contributed by atoms with E-state index in [1.807, 2.05) is 36.4 Å². The lowest BCUT2D eigenvalue weighted by Crippen LogP contribution is -2.00. The van der Waals surface area contributed by atoms with Crippen LogP contribution in [0, 0.1) is 0 Å². The van der Waals surface area contributed by atoms with Gasteiger partial charge in [-0.25, -0.2) is 15.0 Å². The Bertz CT molecular complexity index is 3830. The smallest absolute Gasteiger partial charge is 0.167 e. The van der Waals surface area contributed by atoms with Crippen molar-refractivity contribution in [3.05, 3.63) is 206 Å². The van der Waals surface area contributed by atoms with Crippen molar-refractivity contribution in [2.45, 2.75) is 0 Å². The van der Waals surface area contributed by atoms with Crippen molar-refractivity contribution < 1.29 is 4.42 Å². The summed E-state index contributed by atoms with van der Waals surface area (Å²) in [6.45, 7) is 0. The van der Waals surface area contributed by atoms with Crippen LogP contribution in [-0.4, -0.2) is 19.5 Å². The summed E-state index contributed by atoms with van der Waals surface area (Å²) in [6, 6.07) is 72.6. The van der Waals surface area contributed by atoms with E-state index in [2.05, 4.69) is 174 Å². The summed E-state index contributed by atoms with van der Waals surface area (Å²) in [5, 5.41) is 9.58. The maximum absolute atomic E-state index is 7.11. The molecule has 3 aromatic heterocycles. The van der Waals surface area contributed by atoms with Crippen LogP contribution in [0.5, 0.6) is 0 Å². The second-order valence-electron chi connectivity index (χ2n) is 15.9. The van der Waals surface area contributed by atoms with Crippen LogP contribution in [0.4, 0.5) is 0 Å². The van der Waals surface area contributed by atoms with Crippen LogP contribution in [0.25, 0.3) is 127 Å². The van der Waals surface area contributed by atoms with Gasteiger partial charge in [-0.1, -0.05) is 170 Å². The lowest BCUT2D eigenvalue weighted by Gasteiger charge is -2.12. The molecule has 0 atom stereocenters. The molecule has 3 heterocycles. The van der Waals surface area contributed by atoms with Crippen molar-refractivity contribution >= 4 is 65.3 Å². The van der Waals surface area contributed by atoms with Gasteiger partial charge in [-0.2, -0.15) is 0 Å². The molecular weight excluding hydrogens is 757 g/mol. The normalized spacial score (nSPS) is 11.9. The molecule has 0 radical (unpaired) electrons. The second-order valence-corrected chi connectivity index (χ2v) is 15.9. The molecule has 0 fully saturated rings. The van der Waals surface area contributed by atoms with Crippen LogP contribution in [0.1, 0.15) is 0 Å². The van der Waals surface area contributed by atoms with Crippen LogP contribution >= 0.6 is 0 Å². The monoisotopic (exact) mass is 790 g/mol. The van der Waals surface area contributed by atoms with Crippen molar-refractivity contribution in [1.82, 2.24) is 19.5 Å². The second kappa shape index (κ2) is 13.6. The summed E-state index contributed by atoms with van der Waals surface area (Å²) in [4.78, 5) is 15.3. The van der Waals surface area contributed by atoms with Gasteiger partial charge in [0.05, 0.1) is 16.6 Å². The average Bonchev–Trinajstić information content (AvgIpc) is 3.91. The predicted molar refractivity (Wildman–Crippen MR) is 255 cm³/mol. The number of furan rings is 1. The predicted octanol–water partition coefficient (Wildman–Crippen LogP) is 14.9. The standard InChI is InChI=1S/C57H34N4O/c1-4-15-35(16-5-1)36-29-31-38(32-30-36)56-58-55(37-17-6-2-7-18-37)59-57(60-56)47-27-13-26-46-45-25-12-23-41(53(45)62-54(46)47)39-33-48-43-22-11-10-21-42(43)44-24-14-28-49-51(44)52(48)50(34-39)61(49)40-19-8-3-9-20-40/h1-34H. The fourth-order valence-corrected chi connectivity index (χ4v) is 9.59. The van der Waals surface area contributed by atoms with Gasteiger partial charge in [-0.3, -0.25) is 0 Å². The summed E-state index contributed by atoms with van der Waals surface area (Å²) in [5.41, 5.74) is 12.1. The molecule has 0 amide bonds. The van der Waals surface area contributed by atoms with Gasteiger partial charge >= 0.3 is 0 Å². The number of benzene rings is 10. The van der Waals surface area contributed by atoms with Crippen molar-refractivity contribution in [3.63, 3.8) is 0 Å². The zero-order chi connectivity index (χ0) is 40.7. The van der Waals surface area contributed by atoms with Gasteiger partial charge < -0.3 is 8.98 Å². The van der Waals surface area contributed by atoms with Crippen molar-refractivity contribution in [2.75, 3.05) is 0 Å². The molecule has 0 unspecified atom stereocenters. The zero-order valence-electron chi connectivity index (χ0n) is 33.3. The molecule has 0 bridgehead atoms. The van der Waals surface area contributed by atoms with Gasteiger partial charge in [0.1, 0.15) is 11.2 Å². The van der Waals surface area contributed by atoms with Gasteiger partial charge in [0.2, 0.25) is 0 Å². The molecule has 13 aromatic rings. The summed E-state index contributed by atoms with van der Waals surface area (Å²) in [5.74, 6) is 1.76. The van der Waals surface area contributed by atoms with Gasteiger partial charge in [-0.15, -0.1) is 0 Å². The van der Waals surface area contributed by atoms with Gasteiger partial charge in [0, 0.05) is 43.9 Å². The Morgan fingerprint density at radius 2 is 0.790 bits per heavy atom. The molecule has 288 valence electrons. The van der Waals surface area contributed by atoms with E-state index in [0.29, 0.717) is 17.5 Å². The van der Waals surface area contributed by atoms with E-state index >= 15 is 0 Å². The first-order chi connectivity index (χ1) is 30.7. The van der Waals surface area contributed by atoms with Crippen molar-refractivity contribution in [1.29, 1.82) is 0 Å². The molecule has 0 spiro atoms. The van der Waals surface area contributed by atoms with E-state index in [9.17, 15) is 0 Å². The first-order valence-electron chi connectivity index (χ1n) is 20.9. The lowest BCUT2D eigenvalue weighted by atomic mass is 9.92. The Labute approximate surface area is 356 Å². The molecule has 0 aliphatic rings. The number of aromatic nitrogens is 4. The van der Waals surface area contributed by atoms with E-state index < -0.39 is 0 Å². The lowest BCUT2D eigenvalue weighted by molar-refractivity contribution is 0.670. The molecule has 5 heteroatoms. The molecule has 0 saturated carbocycles. The van der Waals surface area contributed by atoms with Gasteiger partial charge in [-0.05, 0) is 74.6 Å². The highest BCUT2D eigenvalue weighted by Gasteiger charge is 2.23. The molecular formula is C57H34N4O. The average molecular weight is 791 g/mol. The van der Waals surface area contributed by atoms with Crippen LogP contribution < -0.4 is 0 Å². The minimum Gasteiger partial charge on any atom is -0.455 e. The first kappa shape index (κ1) is 34.5. The van der Waals surface area contributed by atoms with E-state index in [-0.39, 0.29) is 0 Å². The Hall–Kier alpha value is -8.41. The van der Waals surface area contributed by atoms with E-state index in [1.165, 1.54) is 37.8 Å². The number of nitrogens with zero attached hydrogens (tertiary/aromatic N) is 4. The molecule has 62 heavy (non-hydrogen) atoms. The molecule has 0 aliphatic heterocycles. The van der Waals surface area contributed by atoms with Crippen LogP contribution in [-0.2, 0) is 0 Å². The first-order valence-corrected chi connectivity index (χ1v) is 20.9. The minimum absolute atomic E-state index is 0.554. The summed E-state index contributed by atoms with van der Waals surface area (Å²) in [6.07, 6.45) is 0. The molecule has 5 nitrogen and oxygen atoms in total. The largest absolute Gasteiger partial charge is 0.455 e. The van der Waals surface area contributed by atoms with E-state index in [1.54, 1.807) is 0 Å². The Morgan fingerprint density at radius 3 is 1.50 bits per heavy atom.